The first-order valence-corrected chi connectivity index (χ1v) is 6.26. The number of esters is 1. The molecule has 0 amide bonds. The summed E-state index contributed by atoms with van der Waals surface area (Å²) < 4.78 is 2.95. The van der Waals surface area contributed by atoms with Crippen molar-refractivity contribution in [2.75, 3.05) is 7.11 Å². The Labute approximate surface area is 116 Å². The van der Waals surface area contributed by atoms with E-state index in [4.69, 9.17) is 39.5 Å². The summed E-state index contributed by atoms with van der Waals surface area (Å²) in [5.41, 5.74) is -0.184. The molecule has 1 unspecified atom stereocenters. The Kier molecular flexibility index (Phi) is 4.41. The van der Waals surface area contributed by atoms with E-state index in [-0.39, 0.29) is 23.2 Å². The molecule has 0 aromatic rings. The highest BCUT2D eigenvalue weighted by Gasteiger charge is 2.61. The maximum Gasteiger partial charge on any atom is 0.309 e. The Morgan fingerprint density at radius 1 is 1.47 bits per heavy atom. The molecule has 0 saturated heterocycles. The molecule has 1 saturated carbocycles. The molecule has 98 valence electrons. The number of alkyl halides is 3. The van der Waals surface area contributed by atoms with Crippen molar-refractivity contribution in [3.63, 3.8) is 0 Å². The van der Waals surface area contributed by atoms with Gasteiger partial charge in [0.05, 0.1) is 13.0 Å². The summed E-state index contributed by atoms with van der Waals surface area (Å²) in [5.74, 6) is -0.462. The molecule has 0 aromatic heterocycles. The first-order chi connectivity index (χ1) is 7.62. The van der Waals surface area contributed by atoms with Crippen LogP contribution in [0.4, 0.5) is 0 Å². The maximum absolute atomic E-state index is 11.4. The van der Waals surface area contributed by atoms with Gasteiger partial charge < -0.3 is 9.84 Å². The average molecular weight is 302 g/mol. The van der Waals surface area contributed by atoms with Gasteiger partial charge in [-0.25, -0.2) is 0 Å². The third kappa shape index (κ3) is 3.28. The molecule has 3 atom stereocenters. The van der Waals surface area contributed by atoms with E-state index in [0.717, 1.165) is 0 Å². The van der Waals surface area contributed by atoms with Crippen LogP contribution in [0.3, 0.4) is 0 Å². The summed E-state index contributed by atoms with van der Waals surface area (Å²) in [6.07, 6.45) is 1.92. The van der Waals surface area contributed by atoms with Crippen LogP contribution in [-0.2, 0) is 9.53 Å². The van der Waals surface area contributed by atoms with Gasteiger partial charge in [0, 0.05) is 0 Å². The second-order valence-corrected chi connectivity index (χ2v) is 7.09. The van der Waals surface area contributed by atoms with Gasteiger partial charge in [-0.15, -0.1) is 0 Å². The molecule has 17 heavy (non-hydrogen) atoms. The minimum Gasteiger partial charge on any atom is -0.469 e. The second-order valence-electron chi connectivity index (χ2n) is 4.72. The Hall–Kier alpha value is 0.0400. The Morgan fingerprint density at radius 3 is 2.41 bits per heavy atom. The van der Waals surface area contributed by atoms with Crippen LogP contribution in [-0.4, -0.2) is 28.1 Å². The standard InChI is InChI=1S/C11H15Cl3O3/c1-10(2)6(8(10)9(16)17-3)4-5-7(15)11(12,13)14/h4-8,15H,1-3H3/t6-,7?,8+/m1/s1. The fourth-order valence-corrected chi connectivity index (χ4v) is 2.17. The molecule has 3 nitrogen and oxygen atoms in total. The molecule has 1 aliphatic carbocycles. The summed E-state index contributed by atoms with van der Waals surface area (Å²) in [6.45, 7) is 3.90. The predicted molar refractivity (Wildman–Crippen MR) is 68.2 cm³/mol. The van der Waals surface area contributed by atoms with Crippen molar-refractivity contribution in [3.05, 3.63) is 12.2 Å². The van der Waals surface area contributed by atoms with Crippen LogP contribution in [0.15, 0.2) is 12.2 Å². The van der Waals surface area contributed by atoms with Gasteiger partial charge in [-0.3, -0.25) is 4.79 Å². The normalized spacial score (nSPS) is 29.1. The van der Waals surface area contributed by atoms with E-state index < -0.39 is 9.90 Å². The summed E-state index contributed by atoms with van der Waals surface area (Å²) in [4.78, 5) is 11.4. The molecule has 1 fully saturated rings. The van der Waals surface area contributed by atoms with Gasteiger partial charge in [0.25, 0.3) is 0 Å². The number of rotatable bonds is 3. The zero-order chi connectivity index (χ0) is 13.4. The monoisotopic (exact) mass is 300 g/mol. The summed E-state index contributed by atoms with van der Waals surface area (Å²) in [6, 6.07) is 0. The Balaban J connectivity index is 2.66. The number of aliphatic hydroxyl groups is 1. The molecule has 0 bridgehead atoms. The molecule has 0 radical (unpaired) electrons. The van der Waals surface area contributed by atoms with E-state index in [1.807, 2.05) is 13.8 Å². The van der Waals surface area contributed by atoms with E-state index in [1.165, 1.54) is 13.2 Å². The highest BCUT2D eigenvalue weighted by atomic mass is 35.6. The summed E-state index contributed by atoms with van der Waals surface area (Å²) in [7, 11) is 1.35. The molecule has 0 heterocycles. The van der Waals surface area contributed by atoms with Crippen LogP contribution < -0.4 is 0 Å². The van der Waals surface area contributed by atoms with Crippen LogP contribution in [0.2, 0.25) is 0 Å². The third-order valence-corrected chi connectivity index (χ3v) is 3.87. The Morgan fingerprint density at radius 2 is 2.00 bits per heavy atom. The lowest BCUT2D eigenvalue weighted by atomic mass is 10.1. The molecule has 0 spiro atoms. The summed E-state index contributed by atoms with van der Waals surface area (Å²) in [5, 5.41) is 9.52. The van der Waals surface area contributed by atoms with Gasteiger partial charge in [-0.05, 0) is 11.3 Å². The topological polar surface area (TPSA) is 46.5 Å². The van der Waals surface area contributed by atoms with E-state index in [0.29, 0.717) is 0 Å². The van der Waals surface area contributed by atoms with Crippen LogP contribution in [0, 0.1) is 17.3 Å². The van der Waals surface area contributed by atoms with E-state index in [9.17, 15) is 9.90 Å². The van der Waals surface area contributed by atoms with Gasteiger partial charge in [-0.1, -0.05) is 60.8 Å². The van der Waals surface area contributed by atoms with Gasteiger partial charge in [0.15, 0.2) is 0 Å². The van der Waals surface area contributed by atoms with Gasteiger partial charge >= 0.3 is 5.97 Å². The lowest BCUT2D eigenvalue weighted by Crippen LogP contribution is -2.22. The first-order valence-electron chi connectivity index (χ1n) is 5.13. The number of hydrogen-bond donors (Lipinski definition) is 1. The van der Waals surface area contributed by atoms with Gasteiger partial charge in [0.2, 0.25) is 3.79 Å². The first kappa shape index (κ1) is 15.1. The highest BCUT2D eigenvalue weighted by Crippen LogP contribution is 2.59. The number of carbonyl (C=O) groups is 1. The molecule has 1 rings (SSSR count). The second kappa shape index (κ2) is 4.96. The molecular formula is C11H15Cl3O3. The van der Waals surface area contributed by atoms with E-state index in [2.05, 4.69) is 0 Å². The smallest absolute Gasteiger partial charge is 0.309 e. The fraction of sp³-hybridized carbons (Fsp3) is 0.727. The predicted octanol–water partition coefficient (Wildman–Crippen LogP) is 2.72. The largest absolute Gasteiger partial charge is 0.469 e. The van der Waals surface area contributed by atoms with Crippen molar-refractivity contribution in [2.24, 2.45) is 17.3 Å². The SMILES string of the molecule is COC(=O)[C@@H]1[C@@H](C=CC(O)C(Cl)(Cl)Cl)C1(C)C. The number of carbonyl (C=O) groups excluding carboxylic acids is 1. The van der Waals surface area contributed by atoms with Crippen molar-refractivity contribution in [1.29, 1.82) is 0 Å². The quantitative estimate of drug-likeness (QED) is 0.495. The number of methoxy groups -OCH3 is 1. The Bertz CT molecular complexity index is 333. The number of halogens is 3. The van der Waals surface area contributed by atoms with E-state index >= 15 is 0 Å². The fourth-order valence-electron chi connectivity index (χ4n) is 1.95. The number of allylic oxidation sites excluding steroid dienone is 1. The van der Waals surface area contributed by atoms with Gasteiger partial charge in [0.1, 0.15) is 6.10 Å². The lowest BCUT2D eigenvalue weighted by molar-refractivity contribution is -0.143. The van der Waals surface area contributed by atoms with Crippen LogP contribution in [0.1, 0.15) is 13.8 Å². The summed E-state index contributed by atoms with van der Waals surface area (Å²) >= 11 is 16.6. The lowest BCUT2D eigenvalue weighted by Gasteiger charge is -2.14. The molecule has 1 N–H and O–H groups in total. The molecule has 0 aliphatic heterocycles. The maximum atomic E-state index is 11.4. The minimum atomic E-state index is -1.75. The third-order valence-electron chi connectivity index (χ3n) is 3.20. The molecule has 0 aromatic carbocycles. The molecular weight excluding hydrogens is 286 g/mol. The number of hydrogen-bond acceptors (Lipinski definition) is 3. The number of ether oxygens (including phenoxy) is 1. The van der Waals surface area contributed by atoms with Crippen molar-refractivity contribution in [1.82, 2.24) is 0 Å². The van der Waals surface area contributed by atoms with Crippen LogP contribution >= 0.6 is 34.8 Å². The van der Waals surface area contributed by atoms with Crippen LogP contribution in [0.25, 0.3) is 0 Å². The number of aliphatic hydroxyl groups excluding tert-OH is 1. The minimum absolute atomic E-state index is 0.00282. The molecule has 1 aliphatic rings. The zero-order valence-electron chi connectivity index (χ0n) is 9.78. The van der Waals surface area contributed by atoms with Gasteiger partial charge in [-0.2, -0.15) is 0 Å². The molecule has 6 heteroatoms. The van der Waals surface area contributed by atoms with Crippen molar-refractivity contribution in [2.45, 2.75) is 23.7 Å². The van der Waals surface area contributed by atoms with E-state index in [1.54, 1.807) is 6.08 Å². The zero-order valence-corrected chi connectivity index (χ0v) is 12.1. The van der Waals surface area contributed by atoms with Crippen molar-refractivity contribution in [3.8, 4) is 0 Å². The highest BCUT2D eigenvalue weighted by molar-refractivity contribution is 6.68. The van der Waals surface area contributed by atoms with Crippen molar-refractivity contribution >= 4 is 40.8 Å². The van der Waals surface area contributed by atoms with Crippen molar-refractivity contribution < 1.29 is 14.6 Å². The van der Waals surface area contributed by atoms with Crippen LogP contribution in [0.5, 0.6) is 0 Å². The average Bonchev–Trinajstić information content (AvgIpc) is 2.74.